The minimum absolute atomic E-state index is 0.0134. The summed E-state index contributed by atoms with van der Waals surface area (Å²) in [6, 6.07) is 19.5. The molecule has 0 spiro atoms. The van der Waals surface area contributed by atoms with Crippen LogP contribution in [0.5, 0.6) is 11.5 Å². The Morgan fingerprint density at radius 1 is 1.15 bits per heavy atom. The van der Waals surface area contributed by atoms with Gasteiger partial charge in [-0.05, 0) is 91.1 Å². The number of hydrogen-bond donors (Lipinski definition) is 0. The fourth-order valence-electron chi connectivity index (χ4n) is 5.01. The summed E-state index contributed by atoms with van der Waals surface area (Å²) in [6.07, 6.45) is 9.10. The molecule has 0 fully saturated rings. The highest BCUT2D eigenvalue weighted by molar-refractivity contribution is 6.30. The molecule has 1 heterocycles. The topological polar surface area (TPSA) is 42.0 Å². The first kappa shape index (κ1) is 30.0. The maximum Gasteiger partial charge on any atom is 0.232 e. The van der Waals surface area contributed by atoms with Gasteiger partial charge in [0.05, 0.1) is 25.7 Å². The Morgan fingerprint density at radius 2 is 1.85 bits per heavy atom. The SMILES string of the molecule is C=C/C(=C\C=C/C)CN(C)c1ccc(N2C(=O)Cc3cc(OC)c(O[C@H](C)CC)cc3C2c2ccc(Cl)cc2)cc1. The minimum atomic E-state index is -0.353. The smallest absolute Gasteiger partial charge is 0.232 e. The van der Waals surface area contributed by atoms with E-state index in [1.165, 1.54) is 0 Å². The molecule has 214 valence electrons. The molecule has 1 amide bonds. The lowest BCUT2D eigenvalue weighted by molar-refractivity contribution is -0.118. The number of amides is 1. The predicted molar refractivity (Wildman–Crippen MR) is 171 cm³/mol. The van der Waals surface area contributed by atoms with Crippen LogP contribution in [0.2, 0.25) is 5.02 Å². The zero-order valence-electron chi connectivity index (χ0n) is 24.6. The van der Waals surface area contributed by atoms with E-state index in [0.29, 0.717) is 16.5 Å². The van der Waals surface area contributed by atoms with Crippen LogP contribution in [0.1, 0.15) is 49.9 Å². The van der Waals surface area contributed by atoms with Crippen LogP contribution in [-0.2, 0) is 11.2 Å². The molecule has 0 N–H and O–H groups in total. The van der Waals surface area contributed by atoms with E-state index >= 15 is 0 Å². The number of ether oxygens (including phenoxy) is 2. The number of halogens is 1. The number of rotatable bonds is 11. The van der Waals surface area contributed by atoms with Gasteiger partial charge in [-0.2, -0.15) is 0 Å². The first-order chi connectivity index (χ1) is 19.8. The van der Waals surface area contributed by atoms with Crippen LogP contribution in [0.3, 0.4) is 0 Å². The average molecular weight is 571 g/mol. The van der Waals surface area contributed by atoms with Gasteiger partial charge in [-0.1, -0.05) is 61.5 Å². The van der Waals surface area contributed by atoms with Crippen molar-refractivity contribution in [2.75, 3.05) is 30.5 Å². The molecule has 4 rings (SSSR count). The second-order valence-electron chi connectivity index (χ2n) is 10.3. The molecule has 0 saturated heterocycles. The Hall–Kier alpha value is -3.96. The second-order valence-corrected chi connectivity index (χ2v) is 10.7. The molecule has 0 bridgehead atoms. The van der Waals surface area contributed by atoms with Gasteiger partial charge in [-0.15, -0.1) is 0 Å². The quantitative estimate of drug-likeness (QED) is 0.217. The molecule has 1 unspecified atom stereocenters. The predicted octanol–water partition coefficient (Wildman–Crippen LogP) is 8.33. The van der Waals surface area contributed by atoms with Crippen molar-refractivity contribution in [3.63, 3.8) is 0 Å². The Labute approximate surface area is 249 Å². The highest BCUT2D eigenvalue weighted by Crippen LogP contribution is 2.44. The van der Waals surface area contributed by atoms with Gasteiger partial charge in [0.15, 0.2) is 11.5 Å². The van der Waals surface area contributed by atoms with E-state index in [1.807, 2.05) is 92.6 Å². The first-order valence-electron chi connectivity index (χ1n) is 14.0. The lowest BCUT2D eigenvalue weighted by Gasteiger charge is -2.38. The lowest BCUT2D eigenvalue weighted by Crippen LogP contribution is -2.41. The molecule has 1 aliphatic heterocycles. The molecule has 6 heteroatoms. The number of methoxy groups -OCH3 is 1. The summed E-state index contributed by atoms with van der Waals surface area (Å²) in [5, 5.41) is 0.646. The van der Waals surface area contributed by atoms with Crippen LogP contribution in [0.4, 0.5) is 11.4 Å². The summed E-state index contributed by atoms with van der Waals surface area (Å²) in [5.74, 6) is 1.32. The van der Waals surface area contributed by atoms with Gasteiger partial charge < -0.3 is 19.3 Å². The van der Waals surface area contributed by atoms with Gasteiger partial charge >= 0.3 is 0 Å². The highest BCUT2D eigenvalue weighted by atomic mass is 35.5. The average Bonchev–Trinajstić information content (AvgIpc) is 2.98. The van der Waals surface area contributed by atoms with E-state index in [2.05, 4.69) is 36.6 Å². The summed E-state index contributed by atoms with van der Waals surface area (Å²) in [7, 11) is 3.68. The molecule has 2 atom stereocenters. The number of likely N-dealkylation sites (N-methyl/N-ethyl adjacent to an activating group) is 1. The van der Waals surface area contributed by atoms with Crippen LogP contribution in [0.15, 0.2) is 97.1 Å². The Balaban J connectivity index is 1.76. The molecule has 41 heavy (non-hydrogen) atoms. The molecule has 0 aromatic heterocycles. The molecule has 3 aromatic rings. The van der Waals surface area contributed by atoms with Crippen molar-refractivity contribution in [2.45, 2.75) is 45.8 Å². The number of fused-ring (bicyclic) bond motifs is 1. The van der Waals surface area contributed by atoms with Crippen LogP contribution in [-0.4, -0.2) is 32.7 Å². The van der Waals surface area contributed by atoms with E-state index in [1.54, 1.807) is 7.11 Å². The van der Waals surface area contributed by atoms with Crippen molar-refractivity contribution in [1.82, 2.24) is 0 Å². The van der Waals surface area contributed by atoms with E-state index in [0.717, 1.165) is 46.6 Å². The summed E-state index contributed by atoms with van der Waals surface area (Å²) >= 11 is 6.26. The van der Waals surface area contributed by atoms with Gasteiger partial charge in [0, 0.05) is 30.0 Å². The molecular formula is C35H39ClN2O3. The van der Waals surface area contributed by atoms with Gasteiger partial charge in [-0.3, -0.25) is 4.79 Å². The zero-order valence-corrected chi connectivity index (χ0v) is 25.3. The second kappa shape index (κ2) is 13.6. The molecule has 0 radical (unpaired) electrons. The maximum atomic E-state index is 13.8. The first-order valence-corrected chi connectivity index (χ1v) is 14.4. The van der Waals surface area contributed by atoms with Crippen molar-refractivity contribution >= 4 is 28.9 Å². The minimum Gasteiger partial charge on any atom is -0.493 e. The van der Waals surface area contributed by atoms with Crippen molar-refractivity contribution in [3.05, 3.63) is 119 Å². The van der Waals surface area contributed by atoms with E-state index in [4.69, 9.17) is 21.1 Å². The summed E-state index contributed by atoms with van der Waals surface area (Å²) in [5.41, 5.74) is 5.90. The van der Waals surface area contributed by atoms with E-state index in [-0.39, 0.29) is 24.5 Å². The molecule has 1 aliphatic rings. The number of allylic oxidation sites excluding steroid dienone is 3. The van der Waals surface area contributed by atoms with Crippen LogP contribution in [0.25, 0.3) is 0 Å². The van der Waals surface area contributed by atoms with Crippen molar-refractivity contribution < 1.29 is 14.3 Å². The van der Waals surface area contributed by atoms with Gasteiger partial charge in [-0.25, -0.2) is 0 Å². The van der Waals surface area contributed by atoms with Gasteiger partial charge in [0.2, 0.25) is 5.91 Å². The lowest BCUT2D eigenvalue weighted by atomic mass is 9.86. The van der Waals surface area contributed by atoms with Gasteiger partial charge in [0.25, 0.3) is 0 Å². The van der Waals surface area contributed by atoms with Gasteiger partial charge in [0.1, 0.15) is 0 Å². The van der Waals surface area contributed by atoms with Crippen LogP contribution < -0.4 is 19.3 Å². The van der Waals surface area contributed by atoms with Crippen molar-refractivity contribution in [2.24, 2.45) is 0 Å². The number of nitrogens with zero attached hydrogens (tertiary/aromatic N) is 2. The normalized spacial score (nSPS) is 16.0. The highest BCUT2D eigenvalue weighted by Gasteiger charge is 2.36. The third kappa shape index (κ3) is 6.86. The number of anilines is 2. The van der Waals surface area contributed by atoms with Crippen molar-refractivity contribution in [3.8, 4) is 11.5 Å². The molecule has 3 aromatic carbocycles. The monoisotopic (exact) mass is 570 g/mol. The number of carbonyl (C=O) groups is 1. The largest absolute Gasteiger partial charge is 0.493 e. The molecule has 0 saturated carbocycles. The summed E-state index contributed by atoms with van der Waals surface area (Å²) < 4.78 is 11.9. The van der Waals surface area contributed by atoms with Crippen LogP contribution >= 0.6 is 11.6 Å². The van der Waals surface area contributed by atoms with E-state index < -0.39 is 0 Å². The fourth-order valence-corrected chi connectivity index (χ4v) is 5.14. The Bertz CT molecular complexity index is 1430. The Morgan fingerprint density at radius 3 is 2.46 bits per heavy atom. The summed E-state index contributed by atoms with van der Waals surface area (Å²) in [6.45, 7) is 10.8. The fraction of sp³-hybridized carbons (Fsp3) is 0.286. The zero-order chi connectivity index (χ0) is 29.5. The standard InChI is InChI=1S/C35H39ClN2O3/c1-7-10-11-25(9-3)23-37(5)29-16-18-30(19-17-29)38-34(39)21-27-20-32(40-6)33(41-24(4)8-2)22-31(27)35(38)26-12-14-28(36)15-13-26/h7,9-20,22,24,35H,3,8,21,23H2,1-2,4-6H3/b10-7-,25-11+/t24-,35?/m1/s1. The molecular weight excluding hydrogens is 532 g/mol. The van der Waals surface area contributed by atoms with Crippen LogP contribution in [0, 0.1) is 0 Å². The molecule has 5 nitrogen and oxygen atoms in total. The van der Waals surface area contributed by atoms with E-state index in [9.17, 15) is 4.79 Å². The molecule has 0 aliphatic carbocycles. The maximum absolute atomic E-state index is 13.8. The van der Waals surface area contributed by atoms with Crippen molar-refractivity contribution in [1.29, 1.82) is 0 Å². The number of carbonyl (C=O) groups excluding carboxylic acids is 1. The third-order valence-electron chi connectivity index (χ3n) is 7.43. The Kier molecular flexibility index (Phi) is 9.95. The number of hydrogen-bond acceptors (Lipinski definition) is 4. The third-order valence-corrected chi connectivity index (χ3v) is 7.68. The number of benzene rings is 3. The summed E-state index contributed by atoms with van der Waals surface area (Å²) in [4.78, 5) is 17.9.